The molecule has 0 aliphatic carbocycles. The second kappa shape index (κ2) is 4.71. The average molecular weight is 259 g/mol. The monoisotopic (exact) mass is 259 g/mol. The second-order valence-corrected chi connectivity index (χ2v) is 5.15. The first kappa shape index (κ1) is 12.3. The Morgan fingerprint density at radius 2 is 2.37 bits per heavy atom. The van der Waals surface area contributed by atoms with E-state index in [0.29, 0.717) is 18.7 Å². The van der Waals surface area contributed by atoms with Crippen LogP contribution in [0.4, 0.5) is 0 Å². The fourth-order valence-electron chi connectivity index (χ4n) is 2.54. The molecule has 3 rings (SSSR count). The van der Waals surface area contributed by atoms with E-state index in [4.69, 9.17) is 0 Å². The van der Waals surface area contributed by atoms with Gasteiger partial charge in [-0.05, 0) is 30.5 Å². The lowest BCUT2D eigenvalue weighted by molar-refractivity contribution is 0.0408. The number of hydrogen-bond donors (Lipinski definition) is 2. The summed E-state index contributed by atoms with van der Waals surface area (Å²) in [5, 5.41) is 20.9. The smallest absolute Gasteiger partial charge is 0.124 e. The van der Waals surface area contributed by atoms with Crippen LogP contribution >= 0.6 is 0 Å². The number of aliphatic hydroxyl groups is 1. The van der Waals surface area contributed by atoms with Gasteiger partial charge in [-0.2, -0.15) is 15.4 Å². The summed E-state index contributed by atoms with van der Waals surface area (Å²) in [6, 6.07) is 2.01. The summed E-state index contributed by atoms with van der Waals surface area (Å²) in [6.45, 7) is 4.31. The van der Waals surface area contributed by atoms with E-state index >= 15 is 0 Å². The highest BCUT2D eigenvalue weighted by molar-refractivity contribution is 5.22. The highest BCUT2D eigenvalue weighted by atomic mass is 16.3. The van der Waals surface area contributed by atoms with Gasteiger partial charge in [0.15, 0.2) is 0 Å². The van der Waals surface area contributed by atoms with Gasteiger partial charge in [-0.3, -0.25) is 9.88 Å². The Kier molecular flexibility index (Phi) is 3.04. The van der Waals surface area contributed by atoms with Crippen LogP contribution in [-0.2, 0) is 12.1 Å². The lowest BCUT2D eigenvalue weighted by Gasteiger charge is -2.21. The molecule has 1 fully saturated rings. The number of aryl methyl sites for hydroxylation is 1. The first-order valence-electron chi connectivity index (χ1n) is 6.38. The molecule has 2 aromatic heterocycles. The van der Waals surface area contributed by atoms with Crippen LogP contribution in [0.1, 0.15) is 23.2 Å². The van der Waals surface area contributed by atoms with Crippen LogP contribution in [0, 0.1) is 6.92 Å². The van der Waals surface area contributed by atoms with Crippen molar-refractivity contribution in [3.63, 3.8) is 0 Å². The van der Waals surface area contributed by atoms with E-state index in [-0.39, 0.29) is 0 Å². The summed E-state index contributed by atoms with van der Waals surface area (Å²) in [4.78, 5) is 6.38. The molecule has 0 amide bonds. The van der Waals surface area contributed by atoms with Gasteiger partial charge in [0.05, 0.1) is 6.20 Å². The minimum absolute atomic E-state index is 0.577. The first-order chi connectivity index (χ1) is 9.17. The molecular formula is C13H17N5O. The number of aromatic nitrogens is 4. The summed E-state index contributed by atoms with van der Waals surface area (Å²) < 4.78 is 0. The number of H-pyrrole nitrogens is 1. The predicted octanol–water partition coefficient (Wildman–Crippen LogP) is 0.602. The Morgan fingerprint density at radius 1 is 1.47 bits per heavy atom. The third kappa shape index (κ3) is 2.36. The number of nitrogens with one attached hydrogen (secondary N) is 1. The fourth-order valence-corrected chi connectivity index (χ4v) is 2.54. The summed E-state index contributed by atoms with van der Waals surface area (Å²) in [5.41, 5.74) is 2.17. The van der Waals surface area contributed by atoms with E-state index in [1.54, 1.807) is 12.4 Å². The molecule has 1 unspecified atom stereocenters. The number of β-amino-alcohol motifs (C(OH)–C–C–N with tert-alkyl or cyclic N) is 1. The minimum Gasteiger partial charge on any atom is -0.382 e. The van der Waals surface area contributed by atoms with Crippen molar-refractivity contribution in [1.29, 1.82) is 0 Å². The van der Waals surface area contributed by atoms with Crippen LogP contribution in [-0.4, -0.2) is 43.5 Å². The summed E-state index contributed by atoms with van der Waals surface area (Å²) >= 11 is 0. The highest BCUT2D eigenvalue weighted by Gasteiger charge is 2.39. The molecule has 0 radical (unpaired) electrons. The molecule has 0 saturated carbocycles. The molecule has 3 heterocycles. The van der Waals surface area contributed by atoms with Crippen molar-refractivity contribution in [2.45, 2.75) is 25.5 Å². The predicted molar refractivity (Wildman–Crippen MR) is 69.1 cm³/mol. The molecule has 19 heavy (non-hydrogen) atoms. The van der Waals surface area contributed by atoms with Crippen LogP contribution in [0.2, 0.25) is 0 Å². The molecule has 2 aromatic rings. The molecule has 6 heteroatoms. The number of nitrogens with zero attached hydrogens (tertiary/aromatic N) is 4. The number of hydrogen-bond acceptors (Lipinski definition) is 5. The van der Waals surface area contributed by atoms with Crippen LogP contribution in [0.15, 0.2) is 24.7 Å². The fraction of sp³-hybridized carbons (Fsp3) is 0.462. The maximum Gasteiger partial charge on any atom is 0.124 e. The number of likely N-dealkylation sites (tertiary alicyclic amines) is 1. The Hall–Kier alpha value is -1.79. The van der Waals surface area contributed by atoms with Crippen LogP contribution in [0.5, 0.6) is 0 Å². The van der Waals surface area contributed by atoms with Gasteiger partial charge < -0.3 is 5.11 Å². The lowest BCUT2D eigenvalue weighted by Crippen LogP contribution is -2.31. The maximum absolute atomic E-state index is 10.6. The summed E-state index contributed by atoms with van der Waals surface area (Å²) in [6.07, 6.45) is 5.97. The number of aromatic amines is 1. The summed E-state index contributed by atoms with van der Waals surface area (Å²) in [7, 11) is 0. The van der Waals surface area contributed by atoms with Crippen molar-refractivity contribution in [2.24, 2.45) is 0 Å². The number of rotatable bonds is 3. The molecule has 1 aliphatic rings. The Labute approximate surface area is 111 Å². The van der Waals surface area contributed by atoms with Crippen molar-refractivity contribution in [2.75, 3.05) is 13.1 Å². The van der Waals surface area contributed by atoms with Gasteiger partial charge >= 0.3 is 0 Å². The van der Waals surface area contributed by atoms with Gasteiger partial charge in [-0.15, -0.1) is 0 Å². The van der Waals surface area contributed by atoms with Crippen molar-refractivity contribution in [3.05, 3.63) is 41.5 Å². The Balaban J connectivity index is 1.71. The van der Waals surface area contributed by atoms with Gasteiger partial charge in [0.1, 0.15) is 11.3 Å². The van der Waals surface area contributed by atoms with E-state index in [1.807, 2.05) is 12.3 Å². The van der Waals surface area contributed by atoms with E-state index < -0.39 is 5.60 Å². The maximum atomic E-state index is 10.6. The van der Waals surface area contributed by atoms with E-state index in [9.17, 15) is 5.11 Å². The molecule has 0 aromatic carbocycles. The van der Waals surface area contributed by atoms with Gasteiger partial charge in [0.25, 0.3) is 0 Å². The van der Waals surface area contributed by atoms with E-state index in [1.165, 1.54) is 11.1 Å². The van der Waals surface area contributed by atoms with E-state index in [0.717, 1.165) is 13.1 Å². The van der Waals surface area contributed by atoms with Gasteiger partial charge in [0.2, 0.25) is 0 Å². The molecule has 1 aliphatic heterocycles. The number of pyridine rings is 1. The molecular weight excluding hydrogens is 242 g/mol. The molecule has 1 atom stereocenters. The van der Waals surface area contributed by atoms with Crippen molar-refractivity contribution < 1.29 is 5.11 Å². The molecule has 2 N–H and O–H groups in total. The zero-order valence-electron chi connectivity index (χ0n) is 10.9. The van der Waals surface area contributed by atoms with Gasteiger partial charge in [-0.1, -0.05) is 0 Å². The van der Waals surface area contributed by atoms with E-state index in [2.05, 4.69) is 32.2 Å². The molecule has 6 nitrogen and oxygen atoms in total. The first-order valence-corrected chi connectivity index (χ1v) is 6.38. The standard InChI is InChI=1S/C13H17N5O/c1-10-2-4-14-6-11(10)8-18-5-3-13(19,9-18)12-7-15-17-16-12/h2,4,6-7,19H,3,5,8-9H2,1H3,(H,15,16,17). The third-order valence-corrected chi connectivity index (χ3v) is 3.76. The molecule has 1 saturated heterocycles. The largest absolute Gasteiger partial charge is 0.382 e. The zero-order valence-corrected chi connectivity index (χ0v) is 10.9. The van der Waals surface area contributed by atoms with Crippen molar-refractivity contribution in [1.82, 2.24) is 25.3 Å². The third-order valence-electron chi connectivity index (χ3n) is 3.76. The summed E-state index contributed by atoms with van der Waals surface area (Å²) in [5.74, 6) is 0. The second-order valence-electron chi connectivity index (χ2n) is 5.15. The van der Waals surface area contributed by atoms with Crippen LogP contribution < -0.4 is 0 Å². The van der Waals surface area contributed by atoms with Crippen molar-refractivity contribution >= 4 is 0 Å². The highest BCUT2D eigenvalue weighted by Crippen LogP contribution is 2.31. The molecule has 0 bridgehead atoms. The quantitative estimate of drug-likeness (QED) is 0.844. The lowest BCUT2D eigenvalue weighted by atomic mass is 10.00. The minimum atomic E-state index is -0.886. The van der Waals surface area contributed by atoms with Crippen LogP contribution in [0.25, 0.3) is 0 Å². The average Bonchev–Trinajstić information content (AvgIpc) is 3.03. The Bertz CT molecular complexity index is 556. The SMILES string of the molecule is Cc1ccncc1CN1CCC(O)(c2cn[nH]n2)C1. The molecule has 0 spiro atoms. The van der Waals surface area contributed by atoms with Crippen molar-refractivity contribution in [3.8, 4) is 0 Å². The van der Waals surface area contributed by atoms with Gasteiger partial charge in [-0.25, -0.2) is 0 Å². The normalized spacial score (nSPS) is 23.9. The van der Waals surface area contributed by atoms with Crippen LogP contribution in [0.3, 0.4) is 0 Å². The Morgan fingerprint density at radius 3 is 3.11 bits per heavy atom. The van der Waals surface area contributed by atoms with Gasteiger partial charge in [0, 0.05) is 32.0 Å². The molecule has 100 valence electrons. The zero-order chi connectivity index (χ0) is 13.3. The topological polar surface area (TPSA) is 77.9 Å².